The standard InChI is InChI=1S/C20H26N4O/c1-12(2)24-19-17(9-21-24)16(8-18(22-19)13-6-7-13)20(25)23-10-14-4-3-5-15(14)11-23/h8-9,12-15H,3-7,10-11H2,1-2H3/t14-,15+. The van der Waals surface area contributed by atoms with E-state index in [0.29, 0.717) is 5.92 Å². The number of nitrogens with zero attached hydrogens (tertiary/aromatic N) is 4. The summed E-state index contributed by atoms with van der Waals surface area (Å²) in [5, 5.41) is 5.44. The molecule has 5 heteroatoms. The Labute approximate surface area is 148 Å². The second-order valence-electron chi connectivity index (χ2n) is 8.45. The number of amides is 1. The SMILES string of the molecule is CC(C)n1ncc2c(C(=O)N3C[C@H]4CCC[C@H]4C3)cc(C3CC3)nc21. The van der Waals surface area contributed by atoms with Gasteiger partial charge >= 0.3 is 0 Å². The summed E-state index contributed by atoms with van der Waals surface area (Å²) in [5.74, 6) is 2.17. The van der Waals surface area contributed by atoms with E-state index in [-0.39, 0.29) is 11.9 Å². The first-order valence-corrected chi connectivity index (χ1v) is 9.79. The minimum absolute atomic E-state index is 0.187. The van der Waals surface area contributed by atoms with Gasteiger partial charge in [0, 0.05) is 30.7 Å². The Morgan fingerprint density at radius 2 is 1.88 bits per heavy atom. The Morgan fingerprint density at radius 1 is 1.16 bits per heavy atom. The monoisotopic (exact) mass is 338 g/mol. The fourth-order valence-electron chi connectivity index (χ4n) is 4.75. The van der Waals surface area contributed by atoms with Crippen molar-refractivity contribution < 1.29 is 4.79 Å². The van der Waals surface area contributed by atoms with Gasteiger partial charge in [-0.1, -0.05) is 6.42 Å². The molecule has 2 saturated carbocycles. The van der Waals surface area contributed by atoms with Gasteiger partial charge in [-0.05, 0) is 57.4 Å². The summed E-state index contributed by atoms with van der Waals surface area (Å²) < 4.78 is 1.96. The van der Waals surface area contributed by atoms with Crippen LogP contribution in [0.15, 0.2) is 12.3 Å². The maximum Gasteiger partial charge on any atom is 0.254 e. The second-order valence-corrected chi connectivity index (χ2v) is 8.45. The lowest BCUT2D eigenvalue weighted by Gasteiger charge is -2.18. The minimum Gasteiger partial charge on any atom is -0.338 e. The largest absolute Gasteiger partial charge is 0.338 e. The summed E-state index contributed by atoms with van der Waals surface area (Å²) in [4.78, 5) is 20.3. The predicted molar refractivity (Wildman–Crippen MR) is 96.6 cm³/mol. The minimum atomic E-state index is 0.187. The molecule has 132 valence electrons. The van der Waals surface area contributed by atoms with Gasteiger partial charge in [0.05, 0.1) is 17.1 Å². The number of rotatable bonds is 3. The number of hydrogen-bond donors (Lipinski definition) is 0. The first kappa shape index (κ1) is 15.4. The maximum absolute atomic E-state index is 13.3. The fraction of sp³-hybridized carbons (Fsp3) is 0.650. The number of hydrogen-bond acceptors (Lipinski definition) is 3. The number of carbonyl (C=O) groups excluding carboxylic acids is 1. The lowest BCUT2D eigenvalue weighted by atomic mass is 10.0. The van der Waals surface area contributed by atoms with Crippen molar-refractivity contribution in [3.63, 3.8) is 0 Å². The number of pyridine rings is 1. The summed E-state index contributed by atoms with van der Waals surface area (Å²) in [5.41, 5.74) is 2.78. The van der Waals surface area contributed by atoms with Crippen LogP contribution in [0, 0.1) is 11.8 Å². The number of fused-ring (bicyclic) bond motifs is 2. The lowest BCUT2D eigenvalue weighted by Crippen LogP contribution is -2.29. The molecule has 0 aromatic carbocycles. The van der Waals surface area contributed by atoms with Gasteiger partial charge in [0.15, 0.2) is 5.65 Å². The molecule has 2 atom stereocenters. The summed E-state index contributed by atoms with van der Waals surface area (Å²) >= 11 is 0. The van der Waals surface area contributed by atoms with Crippen LogP contribution in [0.5, 0.6) is 0 Å². The summed E-state index contributed by atoms with van der Waals surface area (Å²) in [6.45, 7) is 6.09. The first-order valence-electron chi connectivity index (χ1n) is 9.79. The van der Waals surface area contributed by atoms with E-state index >= 15 is 0 Å². The molecule has 0 bridgehead atoms. The Bertz CT molecular complexity index is 824. The molecule has 2 aromatic heterocycles. The number of aromatic nitrogens is 3. The van der Waals surface area contributed by atoms with Crippen LogP contribution in [0.1, 0.15) is 74.0 Å². The molecule has 2 aromatic rings. The zero-order valence-corrected chi connectivity index (χ0v) is 15.1. The van der Waals surface area contributed by atoms with Crippen LogP contribution in [0.4, 0.5) is 0 Å². The summed E-state index contributed by atoms with van der Waals surface area (Å²) in [7, 11) is 0. The van der Waals surface area contributed by atoms with E-state index in [1.165, 1.54) is 32.1 Å². The highest BCUT2D eigenvalue weighted by Crippen LogP contribution is 2.41. The third kappa shape index (κ3) is 2.47. The normalized spacial score (nSPS) is 26.0. The van der Waals surface area contributed by atoms with Crippen molar-refractivity contribution in [1.29, 1.82) is 0 Å². The van der Waals surface area contributed by atoms with E-state index in [0.717, 1.165) is 47.2 Å². The molecule has 0 N–H and O–H groups in total. The van der Waals surface area contributed by atoms with E-state index in [1.54, 1.807) is 0 Å². The van der Waals surface area contributed by atoms with E-state index in [4.69, 9.17) is 4.98 Å². The Balaban J connectivity index is 1.56. The molecule has 25 heavy (non-hydrogen) atoms. The molecule has 3 heterocycles. The van der Waals surface area contributed by atoms with Crippen molar-refractivity contribution in [3.05, 3.63) is 23.5 Å². The van der Waals surface area contributed by atoms with Gasteiger partial charge in [-0.2, -0.15) is 5.10 Å². The Morgan fingerprint density at radius 3 is 2.52 bits per heavy atom. The molecule has 1 amide bonds. The molecule has 3 fully saturated rings. The van der Waals surface area contributed by atoms with Crippen LogP contribution in [-0.4, -0.2) is 38.7 Å². The van der Waals surface area contributed by atoms with Crippen LogP contribution in [0.3, 0.4) is 0 Å². The average Bonchev–Trinajstić information content (AvgIpc) is 3.02. The third-order valence-corrected chi connectivity index (χ3v) is 6.32. The van der Waals surface area contributed by atoms with Gasteiger partial charge < -0.3 is 4.90 Å². The van der Waals surface area contributed by atoms with Crippen LogP contribution >= 0.6 is 0 Å². The molecule has 5 nitrogen and oxygen atoms in total. The highest BCUT2D eigenvalue weighted by molar-refractivity contribution is 6.05. The topological polar surface area (TPSA) is 51.0 Å². The van der Waals surface area contributed by atoms with Crippen LogP contribution in [0.25, 0.3) is 11.0 Å². The van der Waals surface area contributed by atoms with E-state index < -0.39 is 0 Å². The average molecular weight is 338 g/mol. The van der Waals surface area contributed by atoms with Crippen molar-refractivity contribution in [1.82, 2.24) is 19.7 Å². The van der Waals surface area contributed by atoms with Crippen LogP contribution < -0.4 is 0 Å². The quantitative estimate of drug-likeness (QED) is 0.856. The molecule has 5 rings (SSSR count). The maximum atomic E-state index is 13.3. The molecule has 1 saturated heterocycles. The van der Waals surface area contributed by atoms with Gasteiger partial charge in [-0.15, -0.1) is 0 Å². The van der Waals surface area contributed by atoms with Crippen molar-refractivity contribution >= 4 is 16.9 Å². The van der Waals surface area contributed by atoms with Crippen molar-refractivity contribution in [2.45, 2.75) is 57.9 Å². The highest BCUT2D eigenvalue weighted by atomic mass is 16.2. The predicted octanol–water partition coefficient (Wildman–Crippen LogP) is 3.76. The molecule has 0 radical (unpaired) electrons. The van der Waals surface area contributed by atoms with Crippen LogP contribution in [0.2, 0.25) is 0 Å². The second kappa shape index (κ2) is 5.55. The molecule has 2 aliphatic carbocycles. The smallest absolute Gasteiger partial charge is 0.254 e. The first-order chi connectivity index (χ1) is 12.1. The van der Waals surface area contributed by atoms with Crippen LogP contribution in [-0.2, 0) is 0 Å². The molecule has 0 unspecified atom stereocenters. The molecular weight excluding hydrogens is 312 g/mol. The van der Waals surface area contributed by atoms with Crippen molar-refractivity contribution in [2.75, 3.05) is 13.1 Å². The van der Waals surface area contributed by atoms with Gasteiger partial charge in [0.25, 0.3) is 5.91 Å². The zero-order valence-electron chi connectivity index (χ0n) is 15.1. The molecule has 1 aliphatic heterocycles. The Hall–Kier alpha value is -1.91. The third-order valence-electron chi connectivity index (χ3n) is 6.32. The van der Waals surface area contributed by atoms with Gasteiger partial charge in [-0.25, -0.2) is 9.67 Å². The van der Waals surface area contributed by atoms with E-state index in [9.17, 15) is 4.79 Å². The highest BCUT2D eigenvalue weighted by Gasteiger charge is 2.39. The Kier molecular flexibility index (Phi) is 3.41. The van der Waals surface area contributed by atoms with Gasteiger partial charge in [0.2, 0.25) is 0 Å². The fourth-order valence-corrected chi connectivity index (χ4v) is 4.75. The van der Waals surface area contributed by atoms with Gasteiger partial charge in [-0.3, -0.25) is 4.79 Å². The van der Waals surface area contributed by atoms with Crippen molar-refractivity contribution in [2.24, 2.45) is 11.8 Å². The number of carbonyl (C=O) groups is 1. The lowest BCUT2D eigenvalue weighted by molar-refractivity contribution is 0.0782. The van der Waals surface area contributed by atoms with Crippen molar-refractivity contribution in [3.8, 4) is 0 Å². The van der Waals surface area contributed by atoms with Gasteiger partial charge in [0.1, 0.15) is 0 Å². The zero-order chi connectivity index (χ0) is 17.1. The number of likely N-dealkylation sites (tertiary alicyclic amines) is 1. The molecule has 0 spiro atoms. The van der Waals surface area contributed by atoms with E-state index in [2.05, 4.69) is 29.9 Å². The summed E-state index contributed by atoms with van der Waals surface area (Å²) in [6.07, 6.45) is 8.14. The molecular formula is C20H26N4O. The molecule has 3 aliphatic rings. The summed E-state index contributed by atoms with van der Waals surface area (Å²) in [6, 6.07) is 2.30. The van der Waals surface area contributed by atoms with E-state index in [1.807, 2.05) is 10.9 Å².